The van der Waals surface area contributed by atoms with Gasteiger partial charge in [0.2, 0.25) is 0 Å². The number of pyridine rings is 1. The van der Waals surface area contributed by atoms with Crippen LogP contribution in [0, 0.1) is 11.8 Å². The molecule has 1 aromatic carbocycles. The summed E-state index contributed by atoms with van der Waals surface area (Å²) in [5, 5.41) is 14.2. The summed E-state index contributed by atoms with van der Waals surface area (Å²) in [5.41, 5.74) is 2.26. The number of benzene rings is 1. The second-order valence-corrected chi connectivity index (χ2v) is 11.3. The van der Waals surface area contributed by atoms with E-state index in [1.807, 2.05) is 12.1 Å². The zero-order chi connectivity index (χ0) is 20.5. The molecular formula is C23H26ClN3O2S. The second-order valence-electron chi connectivity index (χ2n) is 9.34. The number of halogens is 1. The van der Waals surface area contributed by atoms with Crippen molar-refractivity contribution in [3.63, 3.8) is 0 Å². The summed E-state index contributed by atoms with van der Waals surface area (Å²) in [5.74, 6) is 4.37. The summed E-state index contributed by atoms with van der Waals surface area (Å²) in [7, 11) is -1.00. The van der Waals surface area contributed by atoms with Crippen molar-refractivity contribution in [3.8, 4) is 0 Å². The van der Waals surface area contributed by atoms with Crippen LogP contribution in [0.1, 0.15) is 36.3 Å². The third-order valence-corrected chi connectivity index (χ3v) is 9.33. The molecule has 1 saturated heterocycles. The maximum atomic E-state index is 12.6. The molecule has 0 radical (unpaired) electrons. The minimum Gasteiger partial charge on any atom is -0.394 e. The number of rotatable bonds is 5. The van der Waals surface area contributed by atoms with Crippen molar-refractivity contribution in [1.29, 1.82) is 0 Å². The van der Waals surface area contributed by atoms with E-state index in [0.717, 1.165) is 65.9 Å². The molecule has 2 aliphatic heterocycles. The van der Waals surface area contributed by atoms with Gasteiger partial charge >= 0.3 is 0 Å². The van der Waals surface area contributed by atoms with Crippen LogP contribution in [-0.4, -0.2) is 45.3 Å². The van der Waals surface area contributed by atoms with Crippen molar-refractivity contribution in [3.05, 3.63) is 46.5 Å². The van der Waals surface area contributed by atoms with Crippen LogP contribution in [0.25, 0.3) is 0 Å². The van der Waals surface area contributed by atoms with E-state index in [0.29, 0.717) is 23.5 Å². The molecule has 3 fully saturated rings. The first-order valence-electron chi connectivity index (χ1n) is 10.9. The van der Waals surface area contributed by atoms with Gasteiger partial charge in [0.05, 0.1) is 27.8 Å². The molecule has 0 bridgehead atoms. The van der Waals surface area contributed by atoms with Crippen LogP contribution >= 0.6 is 11.6 Å². The Balaban J connectivity index is 1.25. The SMILES string of the molecule is O=[S@]1CCc2cc(N3CC4C(C3)C4c3ccc(Cl)cc3)nc(NC3(CO)CCC3)c21. The molecule has 5 nitrogen and oxygen atoms in total. The average molecular weight is 444 g/mol. The largest absolute Gasteiger partial charge is 0.394 e. The minimum absolute atomic E-state index is 0.0942. The lowest BCUT2D eigenvalue weighted by Gasteiger charge is -2.41. The number of aromatic nitrogens is 1. The fraction of sp³-hybridized carbons (Fsp3) is 0.522. The van der Waals surface area contributed by atoms with Gasteiger partial charge in [-0.05, 0) is 72.8 Å². The number of nitrogens with zero attached hydrogens (tertiary/aromatic N) is 2. The zero-order valence-corrected chi connectivity index (χ0v) is 18.4. The molecule has 4 aliphatic rings. The highest BCUT2D eigenvalue weighted by molar-refractivity contribution is 7.85. The topological polar surface area (TPSA) is 65.5 Å². The Bertz CT molecular complexity index is 1010. The summed E-state index contributed by atoms with van der Waals surface area (Å²) in [6.45, 7) is 2.12. The lowest BCUT2D eigenvalue weighted by Crippen LogP contribution is -2.48. The normalized spacial score (nSPS) is 30.5. The van der Waals surface area contributed by atoms with Gasteiger partial charge in [0, 0.05) is 23.9 Å². The van der Waals surface area contributed by atoms with Gasteiger partial charge in [-0.3, -0.25) is 4.21 Å². The number of aliphatic hydroxyl groups excluding tert-OH is 1. The van der Waals surface area contributed by atoms with Crippen LogP contribution in [0.2, 0.25) is 5.02 Å². The molecule has 0 amide bonds. The summed E-state index contributed by atoms with van der Waals surface area (Å²) >= 11 is 6.04. The van der Waals surface area contributed by atoms with Gasteiger partial charge in [-0.2, -0.15) is 0 Å². The highest BCUT2D eigenvalue weighted by atomic mass is 35.5. The Morgan fingerprint density at radius 1 is 1.23 bits per heavy atom. The molecule has 158 valence electrons. The number of aryl methyl sites for hydroxylation is 1. The van der Waals surface area contributed by atoms with Gasteiger partial charge in [0.25, 0.3) is 0 Å². The first-order valence-corrected chi connectivity index (χ1v) is 12.6. The van der Waals surface area contributed by atoms with E-state index in [1.54, 1.807) is 0 Å². The molecule has 3 atom stereocenters. The predicted molar refractivity (Wildman–Crippen MR) is 120 cm³/mol. The van der Waals surface area contributed by atoms with Crippen LogP contribution in [-0.2, 0) is 17.2 Å². The molecule has 2 aliphatic carbocycles. The smallest absolute Gasteiger partial charge is 0.145 e. The molecule has 2 aromatic rings. The Morgan fingerprint density at radius 2 is 1.97 bits per heavy atom. The lowest BCUT2D eigenvalue weighted by atomic mass is 9.77. The first-order chi connectivity index (χ1) is 14.6. The van der Waals surface area contributed by atoms with Crippen LogP contribution in [0.3, 0.4) is 0 Å². The van der Waals surface area contributed by atoms with Crippen LogP contribution in [0.15, 0.2) is 35.2 Å². The van der Waals surface area contributed by atoms with Gasteiger partial charge in [0.1, 0.15) is 11.6 Å². The predicted octanol–water partition coefficient (Wildman–Crippen LogP) is 3.58. The molecular weight excluding hydrogens is 418 g/mol. The van der Waals surface area contributed by atoms with E-state index in [2.05, 4.69) is 28.4 Å². The van der Waals surface area contributed by atoms with Crippen molar-refractivity contribution in [2.24, 2.45) is 11.8 Å². The molecule has 2 saturated carbocycles. The Labute approximate surface area is 184 Å². The summed E-state index contributed by atoms with van der Waals surface area (Å²) in [4.78, 5) is 8.20. The van der Waals surface area contributed by atoms with Crippen molar-refractivity contribution in [2.75, 3.05) is 35.7 Å². The monoisotopic (exact) mass is 443 g/mol. The molecule has 2 unspecified atom stereocenters. The van der Waals surface area contributed by atoms with E-state index in [1.165, 1.54) is 5.56 Å². The fourth-order valence-corrected chi connectivity index (χ4v) is 7.13. The Kier molecular flexibility index (Phi) is 4.41. The van der Waals surface area contributed by atoms with Crippen molar-refractivity contribution in [1.82, 2.24) is 4.98 Å². The highest BCUT2D eigenvalue weighted by Crippen LogP contribution is 2.58. The molecule has 1 aromatic heterocycles. The van der Waals surface area contributed by atoms with Crippen LogP contribution in [0.5, 0.6) is 0 Å². The number of nitrogens with one attached hydrogen (secondary N) is 1. The minimum atomic E-state index is -1.00. The van der Waals surface area contributed by atoms with E-state index in [-0.39, 0.29) is 12.1 Å². The summed E-state index contributed by atoms with van der Waals surface area (Å²) in [6.07, 6.45) is 3.83. The van der Waals surface area contributed by atoms with Gasteiger partial charge in [-0.25, -0.2) is 4.98 Å². The number of aliphatic hydroxyl groups is 1. The lowest BCUT2D eigenvalue weighted by molar-refractivity contribution is 0.143. The fourth-order valence-electron chi connectivity index (χ4n) is 5.63. The quantitative estimate of drug-likeness (QED) is 0.739. The number of piperidine rings is 1. The molecule has 3 heterocycles. The first kappa shape index (κ1) is 19.1. The van der Waals surface area contributed by atoms with E-state index in [9.17, 15) is 9.32 Å². The van der Waals surface area contributed by atoms with Crippen LogP contribution in [0.4, 0.5) is 11.6 Å². The van der Waals surface area contributed by atoms with Crippen LogP contribution < -0.4 is 10.2 Å². The van der Waals surface area contributed by atoms with E-state index >= 15 is 0 Å². The Hall–Kier alpha value is -1.63. The van der Waals surface area contributed by atoms with E-state index in [4.69, 9.17) is 16.6 Å². The van der Waals surface area contributed by atoms with Gasteiger partial charge in [0.15, 0.2) is 0 Å². The summed E-state index contributed by atoms with van der Waals surface area (Å²) in [6, 6.07) is 10.4. The Morgan fingerprint density at radius 3 is 2.60 bits per heavy atom. The number of hydrogen-bond donors (Lipinski definition) is 2. The number of hydrogen-bond acceptors (Lipinski definition) is 5. The summed E-state index contributed by atoms with van der Waals surface area (Å²) < 4.78 is 12.6. The van der Waals surface area contributed by atoms with Gasteiger partial charge in [-0.15, -0.1) is 0 Å². The van der Waals surface area contributed by atoms with E-state index < -0.39 is 10.8 Å². The molecule has 2 N–H and O–H groups in total. The third kappa shape index (κ3) is 2.99. The van der Waals surface area contributed by atoms with Crippen molar-refractivity contribution < 1.29 is 9.32 Å². The number of fused-ring (bicyclic) bond motifs is 2. The number of anilines is 2. The molecule has 0 spiro atoms. The van der Waals surface area contributed by atoms with Crippen molar-refractivity contribution in [2.45, 2.75) is 42.0 Å². The average Bonchev–Trinajstić information content (AvgIpc) is 3.04. The molecule has 30 heavy (non-hydrogen) atoms. The maximum absolute atomic E-state index is 12.6. The standard InChI is InChI=1S/C23H26ClN3O2S/c24-16-4-2-14(3-5-16)20-17-11-27(12-18(17)20)19-10-15-6-9-30(29)21(15)22(25-19)26-23(13-28)7-1-8-23/h2-5,10,17-18,20,28H,1,6-9,11-13H2,(H,25,26)/t17?,18?,20?,30-/m0/s1. The van der Waals surface area contributed by atoms with Gasteiger partial charge in [-0.1, -0.05) is 23.7 Å². The molecule has 6 rings (SSSR count). The highest BCUT2D eigenvalue weighted by Gasteiger charge is 2.56. The van der Waals surface area contributed by atoms with Crippen molar-refractivity contribution >= 4 is 34.0 Å². The zero-order valence-electron chi connectivity index (χ0n) is 16.8. The molecule has 7 heteroatoms. The third-order valence-electron chi connectivity index (χ3n) is 7.59. The second kappa shape index (κ2) is 6.94. The maximum Gasteiger partial charge on any atom is 0.145 e. The van der Waals surface area contributed by atoms with Gasteiger partial charge < -0.3 is 15.3 Å².